The molecule has 2 aromatic heterocycles. The number of nitrogens with zero attached hydrogens (tertiary/aromatic N) is 4. The highest BCUT2D eigenvalue weighted by atomic mass is 16.5. The Bertz CT molecular complexity index is 1110. The number of piperidine rings is 1. The number of aliphatic hydroxyl groups excluding tert-OH is 1. The first kappa shape index (κ1) is 25.0. The zero-order valence-electron chi connectivity index (χ0n) is 20.2. The van der Waals surface area contributed by atoms with Gasteiger partial charge >= 0.3 is 5.97 Å². The van der Waals surface area contributed by atoms with Gasteiger partial charge in [0.2, 0.25) is 0 Å². The summed E-state index contributed by atoms with van der Waals surface area (Å²) in [7, 11) is 1.62. The van der Waals surface area contributed by atoms with Crippen molar-refractivity contribution in [2.75, 3.05) is 26.7 Å². The van der Waals surface area contributed by atoms with E-state index >= 15 is 0 Å². The lowest BCUT2D eigenvalue weighted by Crippen LogP contribution is -2.42. The second kappa shape index (κ2) is 12.0. The first-order valence-electron chi connectivity index (χ1n) is 12.3. The Balaban J connectivity index is 1.35. The van der Waals surface area contributed by atoms with Crippen LogP contribution in [0.2, 0.25) is 0 Å². The zero-order valence-corrected chi connectivity index (χ0v) is 20.2. The standard InChI is InChI=1S/C27H34N4O4/c1-35-22-5-6-25-24(16-22)23(9-11-28-25)26(32)7-4-20-10-14-31(18-21(20)15-27(33)34)13-2-3-19-8-12-29-30-17-19/h5-6,8-9,11-12,16-17,20-21,26,32H,2-4,7,10,13-15,18H2,1H3,(H,33,34)/t20-,21+,26?/m1/s1. The van der Waals surface area contributed by atoms with Crippen LogP contribution >= 0.6 is 0 Å². The largest absolute Gasteiger partial charge is 0.497 e. The van der Waals surface area contributed by atoms with Crippen molar-refractivity contribution >= 4 is 16.9 Å². The molecule has 0 bridgehead atoms. The van der Waals surface area contributed by atoms with Gasteiger partial charge in [0.1, 0.15) is 5.75 Å². The van der Waals surface area contributed by atoms with Gasteiger partial charge in [-0.25, -0.2) is 0 Å². The molecule has 1 aromatic carbocycles. The number of methoxy groups -OCH3 is 1. The minimum atomic E-state index is -0.752. The number of benzene rings is 1. The zero-order chi connectivity index (χ0) is 24.6. The fourth-order valence-corrected chi connectivity index (χ4v) is 5.26. The molecule has 3 aromatic rings. The number of ether oxygens (including phenoxy) is 1. The van der Waals surface area contributed by atoms with Crippen LogP contribution in [-0.4, -0.2) is 63.0 Å². The first-order valence-corrected chi connectivity index (χ1v) is 12.3. The van der Waals surface area contributed by atoms with E-state index in [1.165, 1.54) is 5.56 Å². The fraction of sp³-hybridized carbons (Fsp3) is 0.481. The highest BCUT2D eigenvalue weighted by Crippen LogP contribution is 2.34. The van der Waals surface area contributed by atoms with Crippen LogP contribution in [0.4, 0.5) is 0 Å². The van der Waals surface area contributed by atoms with Gasteiger partial charge in [0.05, 0.1) is 24.9 Å². The third-order valence-corrected chi connectivity index (χ3v) is 7.15. The number of pyridine rings is 1. The van der Waals surface area contributed by atoms with Gasteiger partial charge in [-0.2, -0.15) is 10.2 Å². The molecule has 1 saturated heterocycles. The Hall–Kier alpha value is -3.10. The van der Waals surface area contributed by atoms with E-state index in [0.29, 0.717) is 6.42 Å². The molecule has 35 heavy (non-hydrogen) atoms. The Morgan fingerprint density at radius 3 is 2.86 bits per heavy atom. The van der Waals surface area contributed by atoms with E-state index < -0.39 is 12.1 Å². The smallest absolute Gasteiger partial charge is 0.303 e. The molecule has 0 radical (unpaired) electrons. The van der Waals surface area contributed by atoms with E-state index in [-0.39, 0.29) is 18.3 Å². The number of carboxylic acid groups (broad SMARTS) is 1. The van der Waals surface area contributed by atoms with Crippen LogP contribution < -0.4 is 4.74 Å². The van der Waals surface area contributed by atoms with Crippen LogP contribution in [0.25, 0.3) is 10.9 Å². The summed E-state index contributed by atoms with van der Waals surface area (Å²) < 4.78 is 5.35. The van der Waals surface area contributed by atoms with Crippen molar-refractivity contribution in [2.45, 2.75) is 44.6 Å². The highest BCUT2D eigenvalue weighted by molar-refractivity contribution is 5.83. The molecule has 1 aliphatic heterocycles. The molecular weight excluding hydrogens is 444 g/mol. The van der Waals surface area contributed by atoms with Crippen LogP contribution in [0.3, 0.4) is 0 Å². The molecule has 1 aliphatic rings. The van der Waals surface area contributed by atoms with E-state index in [1.807, 2.05) is 30.3 Å². The number of aromatic nitrogens is 3. The van der Waals surface area contributed by atoms with Crippen molar-refractivity contribution in [3.05, 3.63) is 60.0 Å². The second-order valence-corrected chi connectivity index (χ2v) is 9.44. The van der Waals surface area contributed by atoms with E-state index in [1.54, 1.807) is 25.7 Å². The Morgan fingerprint density at radius 1 is 1.20 bits per heavy atom. The van der Waals surface area contributed by atoms with Crippen LogP contribution in [0.1, 0.15) is 49.3 Å². The molecule has 2 N–H and O–H groups in total. The minimum Gasteiger partial charge on any atom is -0.497 e. The molecule has 0 saturated carbocycles. The topological polar surface area (TPSA) is 109 Å². The quantitative estimate of drug-likeness (QED) is 0.427. The van der Waals surface area contributed by atoms with Gasteiger partial charge in [0.15, 0.2) is 0 Å². The van der Waals surface area contributed by atoms with E-state index in [4.69, 9.17) is 4.74 Å². The number of aliphatic hydroxyl groups is 1. The molecule has 8 nitrogen and oxygen atoms in total. The number of carboxylic acids is 1. The van der Waals surface area contributed by atoms with Gasteiger partial charge < -0.3 is 19.8 Å². The molecule has 1 fully saturated rings. The summed E-state index contributed by atoms with van der Waals surface area (Å²) in [6.07, 6.45) is 9.05. The van der Waals surface area contributed by atoms with Crippen molar-refractivity contribution in [1.82, 2.24) is 20.1 Å². The normalized spacial score (nSPS) is 19.5. The van der Waals surface area contributed by atoms with Gasteiger partial charge in [-0.15, -0.1) is 0 Å². The summed E-state index contributed by atoms with van der Waals surface area (Å²) in [5, 5.41) is 29.2. The van der Waals surface area contributed by atoms with Crippen molar-refractivity contribution in [1.29, 1.82) is 0 Å². The molecular formula is C27H34N4O4. The van der Waals surface area contributed by atoms with Crippen LogP contribution in [0.5, 0.6) is 5.75 Å². The summed E-state index contributed by atoms with van der Waals surface area (Å²) >= 11 is 0. The summed E-state index contributed by atoms with van der Waals surface area (Å²) in [5.74, 6) is 0.347. The molecule has 0 spiro atoms. The Morgan fingerprint density at radius 2 is 2.09 bits per heavy atom. The third-order valence-electron chi connectivity index (χ3n) is 7.15. The number of fused-ring (bicyclic) bond motifs is 1. The number of aliphatic carboxylic acids is 1. The number of rotatable bonds is 11. The van der Waals surface area contributed by atoms with Gasteiger partial charge in [0, 0.05) is 30.7 Å². The SMILES string of the molecule is COc1ccc2nccc(C(O)CC[C@@H]3CCN(CCCc4ccnnc4)C[C@@H]3CC(=O)O)c2c1. The van der Waals surface area contributed by atoms with E-state index in [0.717, 1.165) is 67.5 Å². The number of likely N-dealkylation sites (tertiary alicyclic amines) is 1. The van der Waals surface area contributed by atoms with Gasteiger partial charge in [-0.05, 0) is 98.5 Å². The maximum Gasteiger partial charge on any atom is 0.303 e. The van der Waals surface area contributed by atoms with Crippen molar-refractivity contribution < 1.29 is 19.7 Å². The van der Waals surface area contributed by atoms with Crippen molar-refractivity contribution in [2.24, 2.45) is 11.8 Å². The molecule has 1 unspecified atom stereocenters. The monoisotopic (exact) mass is 478 g/mol. The first-order chi connectivity index (χ1) is 17.0. The molecule has 4 rings (SSSR count). The van der Waals surface area contributed by atoms with Gasteiger partial charge in [-0.1, -0.05) is 0 Å². The average Bonchev–Trinajstić information content (AvgIpc) is 2.87. The predicted molar refractivity (Wildman–Crippen MR) is 133 cm³/mol. The lowest BCUT2D eigenvalue weighted by atomic mass is 9.79. The van der Waals surface area contributed by atoms with Crippen molar-refractivity contribution in [3.63, 3.8) is 0 Å². The molecule has 3 heterocycles. The minimum absolute atomic E-state index is 0.0883. The van der Waals surface area contributed by atoms with Gasteiger partial charge in [0.25, 0.3) is 0 Å². The lowest BCUT2D eigenvalue weighted by molar-refractivity contribution is -0.139. The van der Waals surface area contributed by atoms with Gasteiger partial charge in [-0.3, -0.25) is 9.78 Å². The number of aryl methyl sites for hydroxylation is 1. The number of hydrogen-bond acceptors (Lipinski definition) is 7. The maximum atomic E-state index is 11.6. The molecule has 3 atom stereocenters. The summed E-state index contributed by atoms with van der Waals surface area (Å²) in [5.41, 5.74) is 2.83. The maximum absolute atomic E-state index is 11.6. The summed E-state index contributed by atoms with van der Waals surface area (Å²) in [4.78, 5) is 18.4. The number of carbonyl (C=O) groups is 1. The molecule has 0 aliphatic carbocycles. The average molecular weight is 479 g/mol. The van der Waals surface area contributed by atoms with Crippen molar-refractivity contribution in [3.8, 4) is 5.75 Å². The Labute approximate surface area is 206 Å². The van der Waals surface area contributed by atoms with Crippen LogP contribution in [-0.2, 0) is 11.2 Å². The van der Waals surface area contributed by atoms with Crippen LogP contribution in [0, 0.1) is 11.8 Å². The van der Waals surface area contributed by atoms with E-state index in [9.17, 15) is 15.0 Å². The highest BCUT2D eigenvalue weighted by Gasteiger charge is 2.31. The summed E-state index contributed by atoms with van der Waals surface area (Å²) in [6.45, 7) is 2.69. The lowest BCUT2D eigenvalue weighted by Gasteiger charge is -2.38. The third kappa shape index (κ3) is 6.74. The summed E-state index contributed by atoms with van der Waals surface area (Å²) in [6, 6.07) is 9.52. The molecule has 8 heteroatoms. The fourth-order valence-electron chi connectivity index (χ4n) is 5.26. The molecule has 0 amide bonds. The molecule has 186 valence electrons. The second-order valence-electron chi connectivity index (χ2n) is 9.44. The Kier molecular flexibility index (Phi) is 8.60. The predicted octanol–water partition coefficient (Wildman–Crippen LogP) is 3.89. The van der Waals surface area contributed by atoms with Crippen LogP contribution in [0.15, 0.2) is 48.9 Å². The number of hydrogen-bond donors (Lipinski definition) is 2. The van der Waals surface area contributed by atoms with E-state index in [2.05, 4.69) is 20.1 Å².